The van der Waals surface area contributed by atoms with Gasteiger partial charge in [0.15, 0.2) is 5.82 Å². The lowest BCUT2D eigenvalue weighted by Crippen LogP contribution is -2.40. The van der Waals surface area contributed by atoms with E-state index in [9.17, 15) is 18.0 Å². The standard InChI is InChI=1S/C17H21F3N6O/c1-24-6-2-11(3-7-24)13-12-10-25(15(27)14-21-4-5-22-14)8-9-26(12)16(23-13)17(18,19)20/h4-5,11H,2-3,6-10H2,1H3,(H,21,22). The fraction of sp³-hybridized carbons (Fsp3) is 0.588. The Balaban J connectivity index is 1.67. The number of piperidine rings is 1. The summed E-state index contributed by atoms with van der Waals surface area (Å²) < 4.78 is 41.8. The van der Waals surface area contributed by atoms with E-state index in [1.807, 2.05) is 7.05 Å². The molecule has 0 bridgehead atoms. The van der Waals surface area contributed by atoms with E-state index < -0.39 is 12.0 Å². The molecule has 0 saturated carbocycles. The van der Waals surface area contributed by atoms with Gasteiger partial charge in [-0.25, -0.2) is 9.97 Å². The number of alkyl halides is 3. The van der Waals surface area contributed by atoms with Gasteiger partial charge in [0.2, 0.25) is 5.82 Å². The van der Waals surface area contributed by atoms with Crippen LogP contribution in [0.25, 0.3) is 0 Å². The highest BCUT2D eigenvalue weighted by Crippen LogP contribution is 2.37. The Hall–Kier alpha value is -2.36. The molecule has 0 aliphatic carbocycles. The summed E-state index contributed by atoms with van der Waals surface area (Å²) in [4.78, 5) is 27.0. The predicted molar refractivity (Wildman–Crippen MR) is 90.0 cm³/mol. The second kappa shape index (κ2) is 6.66. The number of carbonyl (C=O) groups excluding carboxylic acids is 1. The summed E-state index contributed by atoms with van der Waals surface area (Å²) in [6.07, 6.45) is 0.0554. The maximum absolute atomic E-state index is 13.5. The van der Waals surface area contributed by atoms with Gasteiger partial charge in [0.25, 0.3) is 5.91 Å². The number of hydrogen-bond acceptors (Lipinski definition) is 4. The molecular weight excluding hydrogens is 361 g/mol. The zero-order valence-corrected chi connectivity index (χ0v) is 15.0. The molecule has 2 aliphatic rings. The third-order valence-corrected chi connectivity index (χ3v) is 5.38. The van der Waals surface area contributed by atoms with E-state index in [4.69, 9.17) is 0 Å². The number of rotatable bonds is 2. The van der Waals surface area contributed by atoms with E-state index >= 15 is 0 Å². The summed E-state index contributed by atoms with van der Waals surface area (Å²) in [5.41, 5.74) is 0.996. The highest BCUT2D eigenvalue weighted by Gasteiger charge is 2.42. The van der Waals surface area contributed by atoms with E-state index in [1.54, 1.807) is 6.20 Å². The molecular formula is C17H21F3N6O. The highest BCUT2D eigenvalue weighted by molar-refractivity contribution is 5.90. The maximum Gasteiger partial charge on any atom is 0.449 e. The number of halogens is 3. The number of carbonyl (C=O) groups is 1. The van der Waals surface area contributed by atoms with Crippen molar-refractivity contribution in [3.8, 4) is 0 Å². The zero-order chi connectivity index (χ0) is 19.2. The fourth-order valence-electron chi connectivity index (χ4n) is 3.92. The molecule has 0 aromatic carbocycles. The number of imidazole rings is 2. The topological polar surface area (TPSA) is 70.1 Å². The Kier molecular flexibility index (Phi) is 4.45. The predicted octanol–water partition coefficient (Wildman–Crippen LogP) is 2.09. The normalized spacial score (nSPS) is 19.3. The van der Waals surface area contributed by atoms with Gasteiger partial charge in [0.1, 0.15) is 0 Å². The van der Waals surface area contributed by atoms with Crippen molar-refractivity contribution >= 4 is 5.91 Å². The maximum atomic E-state index is 13.5. The van der Waals surface area contributed by atoms with Crippen molar-refractivity contribution in [2.75, 3.05) is 26.7 Å². The molecule has 1 N–H and O–H groups in total. The molecule has 0 unspecified atom stereocenters. The van der Waals surface area contributed by atoms with Gasteiger partial charge in [-0.1, -0.05) is 0 Å². The number of hydrogen-bond donors (Lipinski definition) is 1. The first-order valence-electron chi connectivity index (χ1n) is 8.98. The minimum absolute atomic E-state index is 0.0165. The van der Waals surface area contributed by atoms with Crippen LogP contribution in [0.3, 0.4) is 0 Å². The lowest BCUT2D eigenvalue weighted by molar-refractivity contribution is -0.147. The van der Waals surface area contributed by atoms with E-state index in [0.29, 0.717) is 11.4 Å². The number of amides is 1. The number of likely N-dealkylation sites (tertiary alicyclic amines) is 1. The smallest absolute Gasteiger partial charge is 0.341 e. The average Bonchev–Trinajstić information content (AvgIpc) is 3.29. The number of H-pyrrole nitrogens is 1. The van der Waals surface area contributed by atoms with Crippen molar-refractivity contribution < 1.29 is 18.0 Å². The monoisotopic (exact) mass is 382 g/mol. The molecule has 1 fully saturated rings. The number of aromatic amines is 1. The van der Waals surface area contributed by atoms with Gasteiger partial charge in [-0.15, -0.1) is 0 Å². The summed E-state index contributed by atoms with van der Waals surface area (Å²) in [6.45, 7) is 2.04. The number of nitrogens with one attached hydrogen (secondary N) is 1. The Bertz CT molecular complexity index is 821. The van der Waals surface area contributed by atoms with Gasteiger partial charge >= 0.3 is 6.18 Å². The van der Waals surface area contributed by atoms with Crippen molar-refractivity contribution in [3.63, 3.8) is 0 Å². The van der Waals surface area contributed by atoms with Gasteiger partial charge in [0, 0.05) is 31.4 Å². The molecule has 7 nitrogen and oxygen atoms in total. The van der Waals surface area contributed by atoms with Crippen molar-refractivity contribution in [3.05, 3.63) is 35.4 Å². The summed E-state index contributed by atoms with van der Waals surface area (Å²) in [5.74, 6) is -0.982. The van der Waals surface area contributed by atoms with Gasteiger partial charge in [-0.05, 0) is 33.0 Å². The Morgan fingerprint density at radius 3 is 2.59 bits per heavy atom. The molecule has 4 heterocycles. The quantitative estimate of drug-likeness (QED) is 0.864. The first-order chi connectivity index (χ1) is 12.8. The fourth-order valence-corrected chi connectivity index (χ4v) is 3.92. The van der Waals surface area contributed by atoms with Crippen molar-refractivity contribution in [1.29, 1.82) is 0 Å². The second-order valence-corrected chi connectivity index (χ2v) is 7.16. The Labute approximate surface area is 154 Å². The van der Waals surface area contributed by atoms with E-state index in [-0.39, 0.29) is 37.3 Å². The molecule has 0 radical (unpaired) electrons. The van der Waals surface area contributed by atoms with Gasteiger partial charge in [-0.2, -0.15) is 13.2 Å². The molecule has 27 heavy (non-hydrogen) atoms. The lowest BCUT2D eigenvalue weighted by atomic mass is 9.92. The number of nitrogens with zero attached hydrogens (tertiary/aromatic N) is 5. The minimum atomic E-state index is -4.51. The first kappa shape index (κ1) is 18.0. The van der Waals surface area contributed by atoms with Crippen LogP contribution in [0.5, 0.6) is 0 Å². The Morgan fingerprint density at radius 1 is 1.22 bits per heavy atom. The molecule has 4 rings (SSSR count). The van der Waals surface area contributed by atoms with Crippen molar-refractivity contribution in [1.82, 2.24) is 29.3 Å². The summed E-state index contributed by atoms with van der Waals surface area (Å²) in [5, 5.41) is 0. The molecule has 2 aliphatic heterocycles. The molecule has 1 amide bonds. The van der Waals surface area contributed by atoms with Crippen LogP contribution in [0.15, 0.2) is 12.4 Å². The van der Waals surface area contributed by atoms with Crippen LogP contribution in [0.2, 0.25) is 0 Å². The number of fused-ring (bicyclic) bond motifs is 1. The highest BCUT2D eigenvalue weighted by atomic mass is 19.4. The summed E-state index contributed by atoms with van der Waals surface area (Å²) in [6, 6.07) is 0. The van der Waals surface area contributed by atoms with Gasteiger partial charge < -0.3 is 19.4 Å². The largest absolute Gasteiger partial charge is 0.449 e. The van der Waals surface area contributed by atoms with Crippen LogP contribution in [0, 0.1) is 0 Å². The molecule has 2 aromatic rings. The third kappa shape index (κ3) is 3.33. The minimum Gasteiger partial charge on any atom is -0.341 e. The van der Waals surface area contributed by atoms with E-state index in [1.165, 1.54) is 15.7 Å². The van der Waals surface area contributed by atoms with E-state index in [2.05, 4.69) is 19.9 Å². The van der Waals surface area contributed by atoms with Crippen molar-refractivity contribution in [2.45, 2.75) is 38.0 Å². The second-order valence-electron chi connectivity index (χ2n) is 7.16. The van der Waals surface area contributed by atoms with Crippen LogP contribution in [-0.4, -0.2) is 61.9 Å². The number of aromatic nitrogens is 4. The summed E-state index contributed by atoms with van der Waals surface area (Å²) in [7, 11) is 2.00. The molecule has 0 atom stereocenters. The molecule has 2 aromatic heterocycles. The third-order valence-electron chi connectivity index (χ3n) is 5.38. The van der Waals surface area contributed by atoms with Crippen molar-refractivity contribution in [2.24, 2.45) is 0 Å². The van der Waals surface area contributed by atoms with Gasteiger partial charge in [0.05, 0.1) is 17.9 Å². The molecule has 1 saturated heterocycles. The van der Waals surface area contributed by atoms with Gasteiger partial charge in [-0.3, -0.25) is 4.79 Å². The SMILES string of the molecule is CN1CCC(c2nc(C(F)(F)F)n3c2CN(C(=O)c2ncc[nH]2)CC3)CC1. The molecule has 0 spiro atoms. The summed E-state index contributed by atoms with van der Waals surface area (Å²) >= 11 is 0. The lowest BCUT2D eigenvalue weighted by Gasteiger charge is -2.32. The first-order valence-corrected chi connectivity index (χ1v) is 8.98. The zero-order valence-electron chi connectivity index (χ0n) is 15.0. The van der Waals surface area contributed by atoms with Crippen LogP contribution < -0.4 is 0 Å². The molecule has 146 valence electrons. The average molecular weight is 382 g/mol. The molecule has 10 heteroatoms. The van der Waals surface area contributed by atoms with Crippen LogP contribution in [-0.2, 0) is 19.3 Å². The van der Waals surface area contributed by atoms with Crippen LogP contribution in [0.4, 0.5) is 13.2 Å². The van der Waals surface area contributed by atoms with E-state index in [0.717, 1.165) is 25.9 Å². The Morgan fingerprint density at radius 2 is 1.96 bits per heavy atom. The van der Waals surface area contributed by atoms with Crippen LogP contribution in [0.1, 0.15) is 46.6 Å². The van der Waals surface area contributed by atoms with Crippen LogP contribution >= 0.6 is 0 Å².